The van der Waals surface area contributed by atoms with Crippen LogP contribution < -0.4 is 5.32 Å². The highest BCUT2D eigenvalue weighted by Crippen LogP contribution is 2.29. The van der Waals surface area contributed by atoms with E-state index in [1.807, 2.05) is 68.4 Å². The summed E-state index contributed by atoms with van der Waals surface area (Å²) in [5.74, 6) is -0.934. The van der Waals surface area contributed by atoms with Gasteiger partial charge in [0.05, 0.1) is 16.8 Å². The van der Waals surface area contributed by atoms with Gasteiger partial charge in [0.15, 0.2) is 0 Å². The second-order valence-electron chi connectivity index (χ2n) is 8.78. The van der Waals surface area contributed by atoms with E-state index >= 15 is 0 Å². The van der Waals surface area contributed by atoms with Crippen LogP contribution in [0.3, 0.4) is 0 Å². The molecule has 0 saturated carbocycles. The quantitative estimate of drug-likeness (QED) is 0.329. The SMILES string of the molecule is CCC(C)N1C(=O)c2ccc(C(=O)NCc3ccc(-c4nc(-c5ccccc5)cs4)cc3)cc2C1=O. The Morgan fingerprint density at radius 3 is 2.39 bits per heavy atom. The summed E-state index contributed by atoms with van der Waals surface area (Å²) in [6.07, 6.45) is 0.675. The van der Waals surface area contributed by atoms with Gasteiger partial charge in [-0.2, -0.15) is 0 Å². The van der Waals surface area contributed by atoms with Crippen molar-refractivity contribution in [3.05, 3.63) is 100 Å². The second kappa shape index (κ2) is 9.87. The summed E-state index contributed by atoms with van der Waals surface area (Å²) in [5, 5.41) is 5.89. The first-order valence-electron chi connectivity index (χ1n) is 11.9. The number of nitrogens with one attached hydrogen (secondary N) is 1. The number of thiazole rings is 1. The van der Waals surface area contributed by atoms with Gasteiger partial charge in [0.25, 0.3) is 17.7 Å². The highest BCUT2D eigenvalue weighted by molar-refractivity contribution is 7.13. The van der Waals surface area contributed by atoms with E-state index in [0.29, 0.717) is 24.1 Å². The molecular formula is C29H25N3O3S. The van der Waals surface area contributed by atoms with Gasteiger partial charge in [-0.3, -0.25) is 19.3 Å². The van der Waals surface area contributed by atoms with Crippen molar-refractivity contribution in [2.45, 2.75) is 32.9 Å². The summed E-state index contributed by atoms with van der Waals surface area (Å²) in [7, 11) is 0. The Morgan fingerprint density at radius 2 is 1.67 bits per heavy atom. The van der Waals surface area contributed by atoms with Crippen molar-refractivity contribution < 1.29 is 14.4 Å². The number of rotatable bonds is 7. The second-order valence-corrected chi connectivity index (χ2v) is 9.64. The molecule has 5 rings (SSSR count). The summed E-state index contributed by atoms with van der Waals surface area (Å²) in [4.78, 5) is 44.2. The van der Waals surface area contributed by atoms with Gasteiger partial charge in [0.2, 0.25) is 0 Å². The number of carbonyl (C=O) groups excluding carboxylic acids is 3. The van der Waals surface area contributed by atoms with Crippen LogP contribution in [0.15, 0.2) is 78.2 Å². The van der Waals surface area contributed by atoms with Crippen LogP contribution in [-0.2, 0) is 6.54 Å². The minimum absolute atomic E-state index is 0.188. The summed E-state index contributed by atoms with van der Waals surface area (Å²) in [5.41, 5.74) is 5.00. The third-order valence-corrected chi connectivity index (χ3v) is 7.33. The maximum atomic E-state index is 12.8. The van der Waals surface area contributed by atoms with E-state index in [2.05, 4.69) is 10.7 Å². The monoisotopic (exact) mass is 495 g/mol. The van der Waals surface area contributed by atoms with Gasteiger partial charge in [-0.1, -0.05) is 61.5 Å². The third kappa shape index (κ3) is 4.45. The zero-order chi connectivity index (χ0) is 25.2. The summed E-state index contributed by atoms with van der Waals surface area (Å²) >= 11 is 1.60. The van der Waals surface area contributed by atoms with E-state index in [9.17, 15) is 14.4 Å². The lowest BCUT2D eigenvalue weighted by Gasteiger charge is -2.20. The van der Waals surface area contributed by atoms with Gasteiger partial charge in [-0.25, -0.2) is 4.98 Å². The largest absolute Gasteiger partial charge is 0.348 e. The molecule has 0 spiro atoms. The summed E-state index contributed by atoms with van der Waals surface area (Å²) in [6.45, 7) is 4.12. The van der Waals surface area contributed by atoms with E-state index in [1.54, 1.807) is 23.5 Å². The molecular weight excluding hydrogens is 470 g/mol. The molecule has 1 atom stereocenters. The van der Waals surface area contributed by atoms with Gasteiger partial charge >= 0.3 is 0 Å². The Morgan fingerprint density at radius 1 is 0.944 bits per heavy atom. The molecule has 0 aliphatic carbocycles. The molecule has 1 aliphatic rings. The highest BCUT2D eigenvalue weighted by Gasteiger charge is 2.38. The number of aromatic nitrogens is 1. The number of fused-ring (bicyclic) bond motifs is 1. The Kier molecular flexibility index (Phi) is 6.48. The molecule has 0 radical (unpaired) electrons. The van der Waals surface area contributed by atoms with Crippen molar-refractivity contribution in [1.82, 2.24) is 15.2 Å². The lowest BCUT2D eigenvalue weighted by atomic mass is 10.1. The zero-order valence-corrected chi connectivity index (χ0v) is 20.8. The normalized spacial score (nSPS) is 13.6. The number of carbonyl (C=O) groups is 3. The minimum Gasteiger partial charge on any atom is -0.348 e. The van der Waals surface area contributed by atoms with Crippen LogP contribution >= 0.6 is 11.3 Å². The number of amides is 3. The number of hydrogen-bond donors (Lipinski definition) is 1. The number of benzene rings is 3. The Labute approximate surface area is 213 Å². The smallest absolute Gasteiger partial charge is 0.261 e. The van der Waals surface area contributed by atoms with Crippen LogP contribution in [0, 0.1) is 0 Å². The van der Waals surface area contributed by atoms with E-state index in [4.69, 9.17) is 4.98 Å². The van der Waals surface area contributed by atoms with Crippen molar-refractivity contribution in [1.29, 1.82) is 0 Å². The Bertz CT molecular complexity index is 1440. The summed E-state index contributed by atoms with van der Waals surface area (Å²) < 4.78 is 0. The fraction of sp³-hybridized carbons (Fsp3) is 0.172. The van der Waals surface area contributed by atoms with Crippen LogP contribution in [0.2, 0.25) is 0 Å². The van der Waals surface area contributed by atoms with E-state index in [0.717, 1.165) is 27.4 Å². The zero-order valence-electron chi connectivity index (χ0n) is 20.0. The molecule has 36 heavy (non-hydrogen) atoms. The van der Waals surface area contributed by atoms with Gasteiger partial charge in [0, 0.05) is 34.7 Å². The first kappa shape index (κ1) is 23.6. The summed E-state index contributed by atoms with van der Waals surface area (Å²) in [6, 6.07) is 22.5. The third-order valence-electron chi connectivity index (χ3n) is 6.44. The standard InChI is InChI=1S/C29H25N3O3S/c1-3-18(2)32-28(34)23-14-13-22(15-24(23)29(32)35)26(33)30-16-19-9-11-21(12-10-19)27-31-25(17-36-27)20-7-5-4-6-8-20/h4-15,17-18H,3,16H2,1-2H3,(H,30,33). The van der Waals surface area contributed by atoms with Crippen LogP contribution in [0.4, 0.5) is 0 Å². The molecule has 1 aliphatic heterocycles. The Hall–Kier alpha value is -4.10. The molecule has 3 amide bonds. The molecule has 6 nitrogen and oxygen atoms in total. The molecule has 1 N–H and O–H groups in total. The lowest BCUT2D eigenvalue weighted by Crippen LogP contribution is -2.37. The average Bonchev–Trinajstić information content (AvgIpc) is 3.51. The maximum absolute atomic E-state index is 12.8. The van der Waals surface area contributed by atoms with Gasteiger partial charge < -0.3 is 5.32 Å². The number of imide groups is 1. The topological polar surface area (TPSA) is 79.4 Å². The van der Waals surface area contributed by atoms with Crippen LogP contribution in [-0.4, -0.2) is 33.6 Å². The van der Waals surface area contributed by atoms with E-state index in [-0.39, 0.29) is 29.3 Å². The van der Waals surface area contributed by atoms with Gasteiger partial charge in [0.1, 0.15) is 5.01 Å². The lowest BCUT2D eigenvalue weighted by molar-refractivity contribution is 0.0593. The van der Waals surface area contributed by atoms with Crippen molar-refractivity contribution in [2.24, 2.45) is 0 Å². The van der Waals surface area contributed by atoms with Crippen molar-refractivity contribution in [3.63, 3.8) is 0 Å². The van der Waals surface area contributed by atoms with E-state index < -0.39 is 0 Å². The number of nitrogens with zero attached hydrogens (tertiary/aromatic N) is 2. The van der Waals surface area contributed by atoms with Crippen LogP contribution in [0.25, 0.3) is 21.8 Å². The van der Waals surface area contributed by atoms with Crippen molar-refractivity contribution in [2.75, 3.05) is 0 Å². The molecule has 3 aromatic carbocycles. The molecule has 7 heteroatoms. The molecule has 0 fully saturated rings. The van der Waals surface area contributed by atoms with E-state index in [1.165, 1.54) is 11.0 Å². The molecule has 1 aromatic heterocycles. The number of hydrogen-bond acceptors (Lipinski definition) is 5. The van der Waals surface area contributed by atoms with Crippen LogP contribution in [0.1, 0.15) is 56.9 Å². The van der Waals surface area contributed by atoms with Crippen molar-refractivity contribution in [3.8, 4) is 21.8 Å². The average molecular weight is 496 g/mol. The van der Waals surface area contributed by atoms with Crippen LogP contribution in [0.5, 0.6) is 0 Å². The highest BCUT2D eigenvalue weighted by atomic mass is 32.1. The minimum atomic E-state index is -0.341. The molecule has 4 aromatic rings. The van der Waals surface area contributed by atoms with Gasteiger partial charge in [-0.15, -0.1) is 11.3 Å². The molecule has 0 bridgehead atoms. The fourth-order valence-corrected chi connectivity index (χ4v) is 5.02. The predicted molar refractivity (Wildman–Crippen MR) is 141 cm³/mol. The van der Waals surface area contributed by atoms with Crippen molar-refractivity contribution >= 4 is 29.1 Å². The van der Waals surface area contributed by atoms with Gasteiger partial charge in [-0.05, 0) is 37.1 Å². The maximum Gasteiger partial charge on any atom is 0.261 e. The Balaban J connectivity index is 1.24. The first-order valence-corrected chi connectivity index (χ1v) is 12.7. The fourth-order valence-electron chi connectivity index (χ4n) is 4.18. The molecule has 180 valence electrons. The molecule has 2 heterocycles. The molecule has 0 saturated heterocycles. The predicted octanol–water partition coefficient (Wildman–Crippen LogP) is 5.80. The molecule has 1 unspecified atom stereocenters. The first-order chi connectivity index (χ1) is 17.5.